The molecule has 0 spiro atoms. The van der Waals surface area contributed by atoms with Crippen molar-refractivity contribution in [2.75, 3.05) is 13.6 Å². The molecule has 1 N–H and O–H groups in total. The largest absolute Gasteiger partial charge is 0.357 e. The highest BCUT2D eigenvalue weighted by Crippen LogP contribution is 2.18. The van der Waals surface area contributed by atoms with E-state index < -0.39 is 0 Å². The van der Waals surface area contributed by atoms with E-state index in [1.807, 2.05) is 6.07 Å². The van der Waals surface area contributed by atoms with Gasteiger partial charge in [-0.3, -0.25) is 0 Å². The summed E-state index contributed by atoms with van der Waals surface area (Å²) in [7, 11) is 2.06. The van der Waals surface area contributed by atoms with Crippen molar-refractivity contribution in [3.8, 4) is 0 Å². The second kappa shape index (κ2) is 9.16. The number of nitrogens with one attached hydrogen (secondary N) is 1. The third kappa shape index (κ3) is 4.63. The van der Waals surface area contributed by atoms with Crippen molar-refractivity contribution < 1.29 is 0 Å². The predicted octanol–water partition coefficient (Wildman–Crippen LogP) is 3.36. The van der Waals surface area contributed by atoms with Gasteiger partial charge in [-0.05, 0) is 31.4 Å². The molecular formula is C19H27BrN6. The van der Waals surface area contributed by atoms with E-state index in [0.29, 0.717) is 6.54 Å². The number of aliphatic imine (C=N–C) groups is 1. The molecule has 6 nitrogen and oxygen atoms in total. The van der Waals surface area contributed by atoms with Crippen LogP contribution in [-0.4, -0.2) is 39.2 Å². The molecule has 140 valence electrons. The maximum Gasteiger partial charge on any atom is 0.194 e. The molecule has 1 aliphatic heterocycles. The van der Waals surface area contributed by atoms with Gasteiger partial charge in [-0.25, -0.2) is 4.99 Å². The first-order valence-electron chi connectivity index (χ1n) is 9.33. The Morgan fingerprint density at radius 3 is 2.92 bits per heavy atom. The summed E-state index contributed by atoms with van der Waals surface area (Å²) in [5.74, 6) is 2.96. The first kappa shape index (κ1) is 18.9. The van der Waals surface area contributed by atoms with Crippen molar-refractivity contribution in [1.82, 2.24) is 25.0 Å². The molecule has 0 unspecified atom stereocenters. The van der Waals surface area contributed by atoms with Gasteiger partial charge in [0, 0.05) is 37.6 Å². The Labute approximate surface area is 163 Å². The molecule has 2 aromatic rings. The van der Waals surface area contributed by atoms with Gasteiger partial charge in [-0.15, -0.1) is 10.2 Å². The number of halogens is 1. The van der Waals surface area contributed by atoms with E-state index in [9.17, 15) is 0 Å². The Morgan fingerprint density at radius 2 is 2.12 bits per heavy atom. The third-order valence-corrected chi connectivity index (χ3v) is 5.39. The average Bonchev–Trinajstić information content (AvgIpc) is 2.87. The van der Waals surface area contributed by atoms with Gasteiger partial charge < -0.3 is 14.8 Å². The second-order valence-electron chi connectivity index (χ2n) is 6.61. The zero-order valence-electron chi connectivity index (χ0n) is 15.6. The lowest BCUT2D eigenvalue weighted by Crippen LogP contribution is -2.38. The first-order chi connectivity index (χ1) is 12.7. The Bertz CT molecular complexity index is 754. The monoisotopic (exact) mass is 418 g/mol. The minimum absolute atomic E-state index is 0.551. The quantitative estimate of drug-likeness (QED) is 0.597. The van der Waals surface area contributed by atoms with Crippen LogP contribution in [0.4, 0.5) is 0 Å². The van der Waals surface area contributed by atoms with Gasteiger partial charge >= 0.3 is 0 Å². The maximum absolute atomic E-state index is 4.81. The van der Waals surface area contributed by atoms with Crippen LogP contribution in [0.2, 0.25) is 0 Å². The zero-order chi connectivity index (χ0) is 18.4. The van der Waals surface area contributed by atoms with Gasteiger partial charge in [0.25, 0.3) is 0 Å². The number of benzene rings is 1. The predicted molar refractivity (Wildman–Crippen MR) is 108 cm³/mol. The number of rotatable bonds is 5. The highest BCUT2D eigenvalue weighted by molar-refractivity contribution is 9.10. The van der Waals surface area contributed by atoms with Gasteiger partial charge in [-0.2, -0.15) is 0 Å². The summed E-state index contributed by atoms with van der Waals surface area (Å²) >= 11 is 3.62. The number of aryl methyl sites for hydroxylation is 1. The smallest absolute Gasteiger partial charge is 0.194 e. The van der Waals surface area contributed by atoms with E-state index in [4.69, 9.17) is 4.99 Å². The van der Waals surface area contributed by atoms with Crippen LogP contribution >= 0.6 is 15.9 Å². The number of nitrogens with zero attached hydrogens (tertiary/aromatic N) is 5. The van der Waals surface area contributed by atoms with E-state index in [1.165, 1.54) is 24.8 Å². The van der Waals surface area contributed by atoms with Gasteiger partial charge in [0.15, 0.2) is 11.8 Å². The summed E-state index contributed by atoms with van der Waals surface area (Å²) in [5, 5.41) is 12.1. The normalized spacial score (nSPS) is 14.7. The van der Waals surface area contributed by atoms with Crippen molar-refractivity contribution >= 4 is 21.9 Å². The summed E-state index contributed by atoms with van der Waals surface area (Å²) < 4.78 is 3.37. The Hall–Kier alpha value is -1.89. The zero-order valence-corrected chi connectivity index (χ0v) is 17.2. The number of fused-ring (bicyclic) bond motifs is 1. The number of aromatic nitrogens is 3. The molecule has 7 heteroatoms. The molecule has 0 amide bonds. The molecule has 0 fully saturated rings. The molecular weight excluding hydrogens is 392 g/mol. The molecule has 0 saturated carbocycles. The van der Waals surface area contributed by atoms with E-state index >= 15 is 0 Å². The summed E-state index contributed by atoms with van der Waals surface area (Å²) in [5.41, 5.74) is 1.23. The lowest BCUT2D eigenvalue weighted by molar-refractivity contribution is 0.474. The Kier molecular flexibility index (Phi) is 6.66. The molecule has 3 rings (SSSR count). The van der Waals surface area contributed by atoms with Crippen molar-refractivity contribution in [3.63, 3.8) is 0 Å². The molecule has 0 bridgehead atoms. The summed E-state index contributed by atoms with van der Waals surface area (Å²) in [4.78, 5) is 6.96. The lowest BCUT2D eigenvalue weighted by Gasteiger charge is -2.22. The van der Waals surface area contributed by atoms with Gasteiger partial charge in [0.2, 0.25) is 0 Å². The van der Waals surface area contributed by atoms with E-state index in [1.54, 1.807) is 0 Å². The fourth-order valence-corrected chi connectivity index (χ4v) is 3.64. The molecule has 1 aromatic carbocycles. The van der Waals surface area contributed by atoms with Crippen LogP contribution in [-0.2, 0) is 26.1 Å². The van der Waals surface area contributed by atoms with Crippen LogP contribution in [0.25, 0.3) is 0 Å². The van der Waals surface area contributed by atoms with Crippen molar-refractivity contribution in [2.24, 2.45) is 4.99 Å². The summed E-state index contributed by atoms with van der Waals surface area (Å²) in [6.07, 6.45) is 4.70. The van der Waals surface area contributed by atoms with E-state index in [2.05, 4.69) is 73.1 Å². The molecule has 2 heterocycles. The van der Waals surface area contributed by atoms with E-state index in [0.717, 1.165) is 48.1 Å². The molecule has 0 saturated heterocycles. The van der Waals surface area contributed by atoms with Crippen molar-refractivity contribution in [3.05, 3.63) is 46.0 Å². The fourth-order valence-electron chi connectivity index (χ4n) is 3.23. The highest BCUT2D eigenvalue weighted by Gasteiger charge is 2.15. The van der Waals surface area contributed by atoms with Crippen LogP contribution in [0.5, 0.6) is 0 Å². The Morgan fingerprint density at radius 1 is 1.27 bits per heavy atom. The minimum Gasteiger partial charge on any atom is -0.357 e. The van der Waals surface area contributed by atoms with Crippen LogP contribution in [0.15, 0.2) is 33.7 Å². The van der Waals surface area contributed by atoms with Crippen LogP contribution < -0.4 is 5.32 Å². The van der Waals surface area contributed by atoms with Crippen molar-refractivity contribution in [2.45, 2.75) is 52.2 Å². The van der Waals surface area contributed by atoms with E-state index in [-0.39, 0.29) is 0 Å². The number of guanidine groups is 1. The molecule has 1 aromatic heterocycles. The average molecular weight is 419 g/mol. The van der Waals surface area contributed by atoms with Gasteiger partial charge in [0.05, 0.1) is 0 Å². The third-order valence-electron chi connectivity index (χ3n) is 4.62. The molecule has 0 atom stereocenters. The molecule has 0 aliphatic carbocycles. The van der Waals surface area contributed by atoms with Gasteiger partial charge in [0.1, 0.15) is 12.4 Å². The summed E-state index contributed by atoms with van der Waals surface area (Å²) in [6, 6.07) is 8.29. The van der Waals surface area contributed by atoms with Gasteiger partial charge in [-0.1, -0.05) is 40.5 Å². The summed E-state index contributed by atoms with van der Waals surface area (Å²) in [6.45, 7) is 5.26. The van der Waals surface area contributed by atoms with Crippen LogP contribution in [0.3, 0.4) is 0 Å². The Balaban J connectivity index is 1.73. The number of hydrogen-bond donors (Lipinski definition) is 1. The SMILES string of the molecule is CCNC(=NCc1nnc2n1CCCCC2)N(C)Cc1ccccc1Br. The maximum atomic E-state index is 4.81. The lowest BCUT2D eigenvalue weighted by atomic mass is 10.2. The molecule has 26 heavy (non-hydrogen) atoms. The van der Waals surface area contributed by atoms with Crippen molar-refractivity contribution in [1.29, 1.82) is 0 Å². The topological polar surface area (TPSA) is 58.3 Å². The minimum atomic E-state index is 0.551. The highest BCUT2D eigenvalue weighted by atomic mass is 79.9. The first-order valence-corrected chi connectivity index (χ1v) is 10.1. The van der Waals surface area contributed by atoms with Crippen LogP contribution in [0, 0.1) is 0 Å². The fraction of sp³-hybridized carbons (Fsp3) is 0.526. The van der Waals surface area contributed by atoms with Crippen LogP contribution in [0.1, 0.15) is 43.4 Å². The molecule has 1 aliphatic rings. The molecule has 0 radical (unpaired) electrons. The second-order valence-corrected chi connectivity index (χ2v) is 7.47. The number of hydrogen-bond acceptors (Lipinski definition) is 3. The standard InChI is InChI=1S/C19H27BrN6/c1-3-21-19(25(2)14-15-9-6-7-10-16(15)20)22-13-18-24-23-17-11-5-4-8-12-26(17)18/h6-7,9-10H,3-5,8,11-14H2,1-2H3,(H,21,22).